The molecule has 2 aliphatic rings. The van der Waals surface area contributed by atoms with E-state index >= 15 is 0 Å². The average molecular weight is 497 g/mol. The molecule has 9 heteroatoms. The second-order valence-corrected chi connectivity index (χ2v) is 9.93. The number of hydrogen-bond acceptors (Lipinski definition) is 3. The van der Waals surface area contributed by atoms with Gasteiger partial charge >= 0.3 is 6.18 Å². The second-order valence-electron chi connectivity index (χ2n) is 9.93. The third-order valence-electron chi connectivity index (χ3n) is 7.24. The standard InChI is InChI=1S/C26H29F5N2O2/c1-14(17-9-15(13-27)10-18(11-17)26(29,30)31)35-22-8-7-20(21-12-25(2,32)24(34)33-21)23(22)16-3-5-19(28)6-4-16/h3-6,9-11,14,20-23H,7-8,12-13,32H2,1-2H3,(H,33,34)/t14-,20+,21+,22+,23+,25-/m1/s1. The van der Waals surface area contributed by atoms with Gasteiger partial charge in [0.25, 0.3) is 0 Å². The van der Waals surface area contributed by atoms with E-state index in [2.05, 4.69) is 5.32 Å². The van der Waals surface area contributed by atoms with Crippen LogP contribution in [0, 0.1) is 11.7 Å². The van der Waals surface area contributed by atoms with E-state index in [4.69, 9.17) is 10.5 Å². The minimum Gasteiger partial charge on any atom is -0.370 e. The molecule has 0 bridgehead atoms. The van der Waals surface area contributed by atoms with Gasteiger partial charge in [0.1, 0.15) is 12.5 Å². The van der Waals surface area contributed by atoms with Crippen LogP contribution in [-0.2, 0) is 22.4 Å². The normalized spacial score (nSPS) is 29.9. The molecule has 4 nitrogen and oxygen atoms in total. The topological polar surface area (TPSA) is 64.3 Å². The number of hydrogen-bond donors (Lipinski definition) is 2. The van der Waals surface area contributed by atoms with E-state index in [0.717, 1.165) is 17.7 Å². The number of ether oxygens (including phenoxy) is 1. The quantitative estimate of drug-likeness (QED) is 0.515. The minimum atomic E-state index is -4.61. The van der Waals surface area contributed by atoms with Crippen LogP contribution in [0.2, 0.25) is 0 Å². The maximum absolute atomic E-state index is 13.6. The van der Waals surface area contributed by atoms with Crippen molar-refractivity contribution in [2.75, 3.05) is 0 Å². The molecule has 0 unspecified atom stereocenters. The molecule has 1 amide bonds. The summed E-state index contributed by atoms with van der Waals surface area (Å²) in [6.07, 6.45) is -4.02. The van der Waals surface area contributed by atoms with Crippen molar-refractivity contribution in [2.45, 2.75) is 75.7 Å². The van der Waals surface area contributed by atoms with E-state index in [9.17, 15) is 26.7 Å². The zero-order chi connectivity index (χ0) is 25.5. The molecule has 1 heterocycles. The summed E-state index contributed by atoms with van der Waals surface area (Å²) in [7, 11) is 0. The molecule has 1 aliphatic carbocycles. The van der Waals surface area contributed by atoms with Crippen molar-refractivity contribution in [2.24, 2.45) is 11.7 Å². The first-order valence-electron chi connectivity index (χ1n) is 11.7. The van der Waals surface area contributed by atoms with Gasteiger partial charge in [0.05, 0.1) is 23.3 Å². The highest BCUT2D eigenvalue weighted by Crippen LogP contribution is 2.47. The molecule has 4 rings (SSSR count). The summed E-state index contributed by atoms with van der Waals surface area (Å²) < 4.78 is 73.3. The number of nitrogens with two attached hydrogens (primary N) is 1. The van der Waals surface area contributed by atoms with Crippen LogP contribution in [-0.4, -0.2) is 23.6 Å². The summed E-state index contributed by atoms with van der Waals surface area (Å²) in [5, 5.41) is 2.98. The van der Waals surface area contributed by atoms with E-state index in [1.807, 2.05) is 0 Å². The number of carbonyl (C=O) groups is 1. The van der Waals surface area contributed by atoms with Gasteiger partial charge in [-0.3, -0.25) is 4.79 Å². The fraction of sp³-hybridized carbons (Fsp3) is 0.500. The molecule has 1 aliphatic heterocycles. The van der Waals surface area contributed by atoms with Crippen LogP contribution < -0.4 is 11.1 Å². The molecular formula is C26H29F5N2O2. The number of carbonyl (C=O) groups excluding carboxylic acids is 1. The zero-order valence-corrected chi connectivity index (χ0v) is 19.5. The van der Waals surface area contributed by atoms with Gasteiger partial charge in [-0.2, -0.15) is 13.2 Å². The van der Waals surface area contributed by atoms with Gasteiger partial charge in [0, 0.05) is 12.0 Å². The molecule has 0 spiro atoms. The first-order chi connectivity index (χ1) is 16.4. The lowest BCUT2D eigenvalue weighted by atomic mass is 9.81. The van der Waals surface area contributed by atoms with Crippen LogP contribution in [0.3, 0.4) is 0 Å². The van der Waals surface area contributed by atoms with Gasteiger partial charge in [-0.05, 0) is 80.0 Å². The van der Waals surface area contributed by atoms with Crippen molar-refractivity contribution in [3.05, 3.63) is 70.5 Å². The second kappa shape index (κ2) is 9.50. The average Bonchev–Trinajstić information content (AvgIpc) is 3.33. The monoisotopic (exact) mass is 496 g/mol. The summed E-state index contributed by atoms with van der Waals surface area (Å²) in [6, 6.07) is 9.01. The smallest absolute Gasteiger partial charge is 0.370 e. The molecule has 3 N–H and O–H groups in total. The Bertz CT molecular complexity index is 1070. The molecule has 2 aromatic rings. The van der Waals surface area contributed by atoms with E-state index in [1.165, 1.54) is 18.2 Å². The predicted octanol–water partition coefficient (Wildman–Crippen LogP) is 5.56. The fourth-order valence-electron chi connectivity index (χ4n) is 5.47. The Hall–Kier alpha value is -2.52. The summed E-state index contributed by atoms with van der Waals surface area (Å²) in [4.78, 5) is 12.3. The van der Waals surface area contributed by atoms with Crippen molar-refractivity contribution in [3.8, 4) is 0 Å². The number of nitrogens with one attached hydrogen (secondary N) is 1. The van der Waals surface area contributed by atoms with Gasteiger partial charge in [0.15, 0.2) is 0 Å². The number of amides is 1. The Balaban J connectivity index is 1.62. The van der Waals surface area contributed by atoms with E-state index in [0.29, 0.717) is 19.3 Å². The molecule has 2 aromatic carbocycles. The first kappa shape index (κ1) is 25.6. The maximum atomic E-state index is 13.6. The van der Waals surface area contributed by atoms with Crippen molar-refractivity contribution in [1.29, 1.82) is 0 Å². The lowest BCUT2D eigenvalue weighted by Gasteiger charge is -2.31. The number of benzene rings is 2. The fourth-order valence-corrected chi connectivity index (χ4v) is 5.47. The minimum absolute atomic E-state index is 0.0464. The van der Waals surface area contributed by atoms with E-state index < -0.39 is 36.2 Å². The zero-order valence-electron chi connectivity index (χ0n) is 19.5. The van der Waals surface area contributed by atoms with Gasteiger partial charge in [0.2, 0.25) is 5.91 Å². The van der Waals surface area contributed by atoms with Crippen molar-refractivity contribution in [3.63, 3.8) is 0 Å². The molecule has 0 aromatic heterocycles. The molecule has 35 heavy (non-hydrogen) atoms. The largest absolute Gasteiger partial charge is 0.416 e. The van der Waals surface area contributed by atoms with Crippen LogP contribution in [0.5, 0.6) is 0 Å². The molecule has 190 valence electrons. The highest BCUT2D eigenvalue weighted by Gasteiger charge is 2.49. The Morgan fingerprint density at radius 2 is 1.86 bits per heavy atom. The Morgan fingerprint density at radius 1 is 1.17 bits per heavy atom. The van der Waals surface area contributed by atoms with Crippen LogP contribution in [0.1, 0.15) is 67.4 Å². The van der Waals surface area contributed by atoms with Crippen LogP contribution >= 0.6 is 0 Å². The first-order valence-corrected chi connectivity index (χ1v) is 11.7. The molecule has 0 radical (unpaired) electrons. The third kappa shape index (κ3) is 5.35. The lowest BCUT2D eigenvalue weighted by Crippen LogP contribution is -2.43. The summed E-state index contributed by atoms with van der Waals surface area (Å²) in [5.74, 6) is -0.903. The highest BCUT2D eigenvalue weighted by atomic mass is 19.4. The molecular weight excluding hydrogens is 467 g/mol. The Morgan fingerprint density at radius 3 is 2.43 bits per heavy atom. The van der Waals surface area contributed by atoms with Crippen LogP contribution in [0.25, 0.3) is 0 Å². The number of rotatable bonds is 6. The van der Waals surface area contributed by atoms with Gasteiger partial charge in [-0.1, -0.05) is 18.2 Å². The van der Waals surface area contributed by atoms with Gasteiger partial charge < -0.3 is 15.8 Å². The van der Waals surface area contributed by atoms with Crippen molar-refractivity contribution >= 4 is 5.91 Å². The SMILES string of the molecule is C[C@@H](O[C@H]1CC[C@@H]([C@@H]2C[C@@](C)(N)C(=O)N2)[C@@H]1c1ccc(F)cc1)c1cc(CF)cc(C(F)(F)F)c1. The van der Waals surface area contributed by atoms with Crippen molar-refractivity contribution in [1.82, 2.24) is 5.32 Å². The van der Waals surface area contributed by atoms with Crippen molar-refractivity contribution < 1.29 is 31.5 Å². The molecule has 6 atom stereocenters. The third-order valence-corrected chi connectivity index (χ3v) is 7.24. The van der Waals surface area contributed by atoms with Gasteiger partial charge in [-0.15, -0.1) is 0 Å². The predicted molar refractivity (Wildman–Crippen MR) is 121 cm³/mol. The number of halogens is 5. The Labute approximate surface area is 201 Å². The lowest BCUT2D eigenvalue weighted by molar-refractivity contribution is -0.137. The van der Waals surface area contributed by atoms with E-state index in [1.54, 1.807) is 26.0 Å². The highest BCUT2D eigenvalue weighted by molar-refractivity contribution is 5.88. The number of alkyl halides is 4. The Kier molecular flexibility index (Phi) is 6.94. The molecule has 2 fully saturated rings. The molecule has 1 saturated carbocycles. The van der Waals surface area contributed by atoms with E-state index in [-0.39, 0.29) is 40.7 Å². The van der Waals surface area contributed by atoms with Crippen LogP contribution in [0.15, 0.2) is 42.5 Å². The maximum Gasteiger partial charge on any atom is 0.416 e. The molecule has 1 saturated heterocycles. The van der Waals surface area contributed by atoms with Gasteiger partial charge in [-0.25, -0.2) is 8.78 Å². The summed E-state index contributed by atoms with van der Waals surface area (Å²) in [6.45, 7) is 2.30. The van der Waals surface area contributed by atoms with Crippen LogP contribution in [0.4, 0.5) is 22.0 Å². The summed E-state index contributed by atoms with van der Waals surface area (Å²) >= 11 is 0. The summed E-state index contributed by atoms with van der Waals surface area (Å²) in [5.41, 5.74) is 5.20.